The Morgan fingerprint density at radius 2 is 0.893 bits per heavy atom. The zero-order valence-electron chi connectivity index (χ0n) is 16.2. The number of benzene rings is 4. The van der Waals surface area contributed by atoms with Gasteiger partial charge in [-0.2, -0.15) is 10.0 Å². The van der Waals surface area contributed by atoms with Crippen LogP contribution in [0.1, 0.15) is 5.56 Å². The molecule has 0 spiro atoms. The highest BCUT2D eigenvalue weighted by molar-refractivity contribution is 8.33. The Kier molecular flexibility index (Phi) is 5.61. The van der Waals surface area contributed by atoms with Gasteiger partial charge in [-0.05, 0) is 88.5 Å². The number of hydrogen-bond donors (Lipinski definition) is 0. The van der Waals surface area contributed by atoms with Crippen molar-refractivity contribution in [2.75, 3.05) is 6.26 Å². The Morgan fingerprint density at radius 3 is 1.36 bits per heavy atom. The summed E-state index contributed by atoms with van der Waals surface area (Å²) in [6.45, 7) is 2.13. The molecule has 4 aromatic rings. The van der Waals surface area contributed by atoms with E-state index in [0.717, 1.165) is 0 Å². The fraction of sp³-hybridized carbons (Fsp3) is 0.0769. The second-order valence-corrected chi connectivity index (χ2v) is 11.3. The van der Waals surface area contributed by atoms with Crippen LogP contribution in [0.4, 0.5) is 0 Å². The Bertz CT molecular complexity index is 982. The molecule has 140 valence electrons. The lowest BCUT2D eigenvalue weighted by Crippen LogP contribution is -2.01. The van der Waals surface area contributed by atoms with E-state index in [9.17, 15) is 0 Å². The maximum Gasteiger partial charge on any atom is 0.0123 e. The minimum absolute atomic E-state index is 1.27. The van der Waals surface area contributed by atoms with Gasteiger partial charge in [-0.25, -0.2) is 0 Å². The van der Waals surface area contributed by atoms with Crippen LogP contribution in [0.3, 0.4) is 0 Å². The standard InChI is InChI=1S/C26H24S2/c1-21-13-15-22(16-14-21)27-23-17-19-26(20-18-23)28(2,24-9-5-3-6-10-24)25-11-7-4-8-12-25/h3-20H,1-2H3. The van der Waals surface area contributed by atoms with Crippen molar-refractivity contribution in [2.45, 2.75) is 31.4 Å². The number of hydrogen-bond acceptors (Lipinski definition) is 1. The van der Waals surface area contributed by atoms with Crippen molar-refractivity contribution in [1.29, 1.82) is 0 Å². The average Bonchev–Trinajstić information content (AvgIpc) is 2.76. The van der Waals surface area contributed by atoms with Gasteiger partial charge in [-0.3, -0.25) is 0 Å². The largest absolute Gasteiger partial charge is 0.163 e. The fourth-order valence-electron chi connectivity index (χ4n) is 3.32. The van der Waals surface area contributed by atoms with E-state index in [-0.39, 0.29) is 0 Å². The first-order valence-electron chi connectivity index (χ1n) is 9.39. The van der Waals surface area contributed by atoms with Gasteiger partial charge in [0.05, 0.1) is 0 Å². The molecule has 0 bridgehead atoms. The molecule has 0 N–H and O–H groups in total. The smallest absolute Gasteiger partial charge is 0.0123 e. The van der Waals surface area contributed by atoms with Crippen LogP contribution in [-0.2, 0) is 0 Å². The average molecular weight is 401 g/mol. The van der Waals surface area contributed by atoms with E-state index in [1.807, 2.05) is 11.8 Å². The second-order valence-electron chi connectivity index (χ2n) is 6.93. The van der Waals surface area contributed by atoms with Crippen molar-refractivity contribution in [2.24, 2.45) is 0 Å². The van der Waals surface area contributed by atoms with Crippen molar-refractivity contribution >= 4 is 21.8 Å². The highest BCUT2D eigenvalue weighted by atomic mass is 32.3. The predicted octanol–water partition coefficient (Wildman–Crippen LogP) is 8.06. The molecule has 0 amide bonds. The van der Waals surface area contributed by atoms with Crippen LogP contribution in [-0.4, -0.2) is 6.26 Å². The van der Waals surface area contributed by atoms with Gasteiger partial charge in [-0.1, -0.05) is 65.9 Å². The fourth-order valence-corrected chi connectivity index (χ4v) is 7.03. The second kappa shape index (κ2) is 8.30. The highest BCUT2D eigenvalue weighted by Crippen LogP contribution is 2.65. The molecule has 0 aromatic heterocycles. The maximum absolute atomic E-state index is 2.40. The summed E-state index contributed by atoms with van der Waals surface area (Å²) in [6.07, 6.45) is 2.40. The summed E-state index contributed by atoms with van der Waals surface area (Å²) in [4.78, 5) is 6.72. The van der Waals surface area contributed by atoms with Gasteiger partial charge >= 0.3 is 0 Å². The van der Waals surface area contributed by atoms with E-state index in [1.165, 1.54) is 30.0 Å². The predicted molar refractivity (Wildman–Crippen MR) is 123 cm³/mol. The minimum Gasteiger partial charge on any atom is -0.163 e. The Balaban J connectivity index is 1.70. The first-order chi connectivity index (χ1) is 13.7. The Hall–Kier alpha value is -2.42. The lowest BCUT2D eigenvalue weighted by molar-refractivity contribution is 1.27. The van der Waals surface area contributed by atoms with E-state index < -0.39 is 10.0 Å². The zero-order valence-corrected chi connectivity index (χ0v) is 17.8. The topological polar surface area (TPSA) is 0 Å². The van der Waals surface area contributed by atoms with Crippen molar-refractivity contribution in [3.63, 3.8) is 0 Å². The maximum atomic E-state index is 2.40. The lowest BCUT2D eigenvalue weighted by atomic mass is 10.2. The molecule has 4 rings (SSSR count). The van der Waals surface area contributed by atoms with Crippen molar-refractivity contribution in [3.05, 3.63) is 115 Å². The van der Waals surface area contributed by atoms with E-state index in [1.54, 1.807) is 0 Å². The molecule has 0 saturated carbocycles. The molecule has 0 aliphatic rings. The highest BCUT2D eigenvalue weighted by Gasteiger charge is 2.25. The van der Waals surface area contributed by atoms with Gasteiger partial charge < -0.3 is 0 Å². The summed E-state index contributed by atoms with van der Waals surface area (Å²) < 4.78 is 0. The summed E-state index contributed by atoms with van der Waals surface area (Å²) in [5, 5.41) is 0. The molecule has 0 fully saturated rings. The summed E-state index contributed by atoms with van der Waals surface area (Å²) in [7, 11) is -1.28. The number of rotatable bonds is 5. The Morgan fingerprint density at radius 1 is 0.500 bits per heavy atom. The van der Waals surface area contributed by atoms with Crippen molar-refractivity contribution < 1.29 is 0 Å². The van der Waals surface area contributed by atoms with E-state index >= 15 is 0 Å². The summed E-state index contributed by atoms with van der Waals surface area (Å²) in [5.74, 6) is 0. The van der Waals surface area contributed by atoms with E-state index in [4.69, 9.17) is 0 Å². The zero-order chi connectivity index (χ0) is 19.4. The van der Waals surface area contributed by atoms with Gasteiger partial charge in [0, 0.05) is 9.79 Å². The molecule has 4 aromatic carbocycles. The molecular formula is C26H24S2. The monoisotopic (exact) mass is 400 g/mol. The molecular weight excluding hydrogens is 376 g/mol. The number of aryl methyl sites for hydroxylation is 1. The van der Waals surface area contributed by atoms with Crippen LogP contribution >= 0.6 is 21.8 Å². The summed E-state index contributed by atoms with van der Waals surface area (Å²) in [6, 6.07) is 39.7. The molecule has 0 unspecified atom stereocenters. The molecule has 0 radical (unpaired) electrons. The van der Waals surface area contributed by atoms with Crippen LogP contribution < -0.4 is 0 Å². The third kappa shape index (κ3) is 3.89. The van der Waals surface area contributed by atoms with Crippen LogP contribution in [0.15, 0.2) is 134 Å². The van der Waals surface area contributed by atoms with Crippen LogP contribution in [0.25, 0.3) is 0 Å². The van der Waals surface area contributed by atoms with Crippen molar-refractivity contribution in [1.82, 2.24) is 0 Å². The van der Waals surface area contributed by atoms with Gasteiger partial charge in [0.1, 0.15) is 0 Å². The van der Waals surface area contributed by atoms with Crippen molar-refractivity contribution in [3.8, 4) is 0 Å². The Labute approximate surface area is 174 Å². The summed E-state index contributed by atoms with van der Waals surface area (Å²) in [5.41, 5.74) is 1.30. The van der Waals surface area contributed by atoms with Gasteiger partial charge in [-0.15, -0.1) is 0 Å². The molecule has 0 atom stereocenters. The minimum atomic E-state index is -1.28. The van der Waals surface area contributed by atoms with E-state index in [0.29, 0.717) is 0 Å². The van der Waals surface area contributed by atoms with Crippen LogP contribution in [0.5, 0.6) is 0 Å². The quantitative estimate of drug-likeness (QED) is 0.326. The molecule has 2 heteroatoms. The third-order valence-electron chi connectivity index (χ3n) is 4.98. The lowest BCUT2D eigenvalue weighted by Gasteiger charge is -2.37. The third-order valence-corrected chi connectivity index (χ3v) is 9.64. The van der Waals surface area contributed by atoms with Gasteiger partial charge in [0.25, 0.3) is 0 Å². The first-order valence-corrected chi connectivity index (χ1v) is 12.3. The molecule has 0 aliphatic heterocycles. The van der Waals surface area contributed by atoms with Crippen LogP contribution in [0.2, 0.25) is 0 Å². The van der Waals surface area contributed by atoms with Crippen LogP contribution in [0, 0.1) is 6.92 Å². The SMILES string of the molecule is Cc1ccc(Sc2ccc(S(C)(c3ccccc3)c3ccccc3)cc2)cc1. The first kappa shape index (κ1) is 18.9. The molecule has 28 heavy (non-hydrogen) atoms. The molecule has 0 nitrogen and oxygen atoms in total. The summed E-state index contributed by atoms with van der Waals surface area (Å²) >= 11 is 1.82. The molecule has 0 aliphatic carbocycles. The molecule has 0 saturated heterocycles. The molecule has 0 heterocycles. The normalized spacial score (nSPS) is 11.9. The van der Waals surface area contributed by atoms with Gasteiger partial charge in [0.15, 0.2) is 0 Å². The van der Waals surface area contributed by atoms with E-state index in [2.05, 4.69) is 122 Å². The van der Waals surface area contributed by atoms with Gasteiger partial charge in [0.2, 0.25) is 0 Å².